The fourth-order valence-corrected chi connectivity index (χ4v) is 2.47. The zero-order valence-corrected chi connectivity index (χ0v) is 11.7. The number of rotatable bonds is 0. The molecule has 0 heterocycles. The van der Waals surface area contributed by atoms with Crippen molar-refractivity contribution in [3.05, 3.63) is 69.4 Å². The van der Waals surface area contributed by atoms with E-state index in [0.717, 1.165) is 0 Å². The predicted molar refractivity (Wildman–Crippen MR) is 76.6 cm³/mol. The molecule has 2 aromatic carbocycles. The standard InChI is InChI=1S/C14H10Br2/c15-9-11-5-1-3-7-13(11)14-8-4-2-6-12(14)10-16/h1-10H. The third-order valence-electron chi connectivity index (χ3n) is 2.45. The molecule has 0 saturated heterocycles. The van der Waals surface area contributed by atoms with Gasteiger partial charge in [0.25, 0.3) is 0 Å². The molecule has 16 heavy (non-hydrogen) atoms. The molecule has 0 aliphatic carbocycles. The van der Waals surface area contributed by atoms with Gasteiger partial charge in [-0.1, -0.05) is 80.4 Å². The average molecular weight is 338 g/mol. The molecule has 0 aromatic heterocycles. The summed E-state index contributed by atoms with van der Waals surface area (Å²) in [5.74, 6) is 0. The summed E-state index contributed by atoms with van der Waals surface area (Å²) in [6, 6.07) is 16.6. The molecule has 2 rings (SSSR count). The van der Waals surface area contributed by atoms with Gasteiger partial charge in [-0.05, 0) is 30.8 Å². The fraction of sp³-hybridized carbons (Fsp3) is 0. The molecule has 2 heteroatoms. The van der Waals surface area contributed by atoms with Crippen molar-refractivity contribution < 1.29 is 0 Å². The van der Waals surface area contributed by atoms with Crippen molar-refractivity contribution in [2.45, 2.75) is 0 Å². The van der Waals surface area contributed by atoms with Crippen molar-refractivity contribution in [1.82, 2.24) is 0 Å². The lowest BCUT2D eigenvalue weighted by Gasteiger charge is -1.92. The quantitative estimate of drug-likeness (QED) is 0.692. The van der Waals surface area contributed by atoms with Gasteiger partial charge in [-0.25, -0.2) is 0 Å². The summed E-state index contributed by atoms with van der Waals surface area (Å²) < 4.78 is 0. The maximum absolute atomic E-state index is 3.41. The van der Waals surface area contributed by atoms with E-state index in [1.165, 1.54) is 20.9 Å². The summed E-state index contributed by atoms with van der Waals surface area (Å²) in [4.78, 5) is 3.90. The van der Waals surface area contributed by atoms with E-state index < -0.39 is 0 Å². The van der Waals surface area contributed by atoms with Gasteiger partial charge in [0.2, 0.25) is 0 Å². The van der Waals surface area contributed by atoms with Crippen molar-refractivity contribution in [3.8, 4) is 0 Å². The summed E-state index contributed by atoms with van der Waals surface area (Å²) >= 11 is 6.81. The van der Waals surface area contributed by atoms with Crippen LogP contribution in [0.4, 0.5) is 0 Å². The van der Waals surface area contributed by atoms with Gasteiger partial charge in [-0.2, -0.15) is 0 Å². The first-order valence-corrected chi connectivity index (χ1v) is 6.75. The monoisotopic (exact) mass is 336 g/mol. The number of benzene rings is 2. The van der Waals surface area contributed by atoms with Crippen LogP contribution >= 0.6 is 31.9 Å². The van der Waals surface area contributed by atoms with E-state index in [1.807, 2.05) is 22.1 Å². The van der Waals surface area contributed by atoms with Gasteiger partial charge < -0.3 is 0 Å². The molecule has 0 unspecified atom stereocenters. The molecule has 0 bridgehead atoms. The van der Waals surface area contributed by atoms with Gasteiger partial charge in [0.05, 0.1) is 0 Å². The second kappa shape index (κ2) is 5.46. The van der Waals surface area contributed by atoms with E-state index in [-0.39, 0.29) is 0 Å². The van der Waals surface area contributed by atoms with E-state index in [2.05, 4.69) is 68.3 Å². The smallest absolute Gasteiger partial charge is 0.01000 e. The highest BCUT2D eigenvalue weighted by Crippen LogP contribution is 1.92. The lowest BCUT2D eigenvalue weighted by molar-refractivity contribution is 1.41. The van der Waals surface area contributed by atoms with Crippen LogP contribution in [0.25, 0.3) is 9.97 Å². The minimum Gasteiger partial charge on any atom is -0.0616 e. The molecule has 0 radical (unpaired) electrons. The Morgan fingerprint density at radius 3 is 1.38 bits per heavy atom. The fourth-order valence-electron chi connectivity index (χ4n) is 1.67. The molecule has 0 fully saturated rings. The Hall–Kier alpha value is -0.860. The predicted octanol–water partition coefficient (Wildman–Crippen LogP) is 3.24. The van der Waals surface area contributed by atoms with Crippen molar-refractivity contribution in [1.29, 1.82) is 0 Å². The van der Waals surface area contributed by atoms with E-state index in [0.29, 0.717) is 0 Å². The first-order chi connectivity index (χ1) is 7.86. The van der Waals surface area contributed by atoms with Crippen molar-refractivity contribution in [2.75, 3.05) is 0 Å². The van der Waals surface area contributed by atoms with Gasteiger partial charge in [0.15, 0.2) is 0 Å². The van der Waals surface area contributed by atoms with Gasteiger partial charge >= 0.3 is 0 Å². The summed E-state index contributed by atoms with van der Waals surface area (Å²) in [5, 5.41) is 4.82. The summed E-state index contributed by atoms with van der Waals surface area (Å²) in [7, 11) is 0. The molecule has 80 valence electrons. The minimum absolute atomic E-state index is 1.18. The molecule has 0 N–H and O–H groups in total. The third-order valence-corrected chi connectivity index (χ3v) is 3.43. The van der Waals surface area contributed by atoms with Crippen LogP contribution in [0, 0.1) is 10.4 Å². The Labute approximate surface area is 111 Å². The lowest BCUT2D eigenvalue weighted by atomic mass is 10.1. The van der Waals surface area contributed by atoms with Crippen LogP contribution in [0.2, 0.25) is 0 Å². The Kier molecular flexibility index (Phi) is 3.97. The van der Waals surface area contributed by atoms with E-state index in [1.54, 1.807) is 0 Å². The van der Waals surface area contributed by atoms with Crippen molar-refractivity contribution in [2.24, 2.45) is 0 Å². The zero-order chi connectivity index (χ0) is 11.4. The first-order valence-electron chi connectivity index (χ1n) is 4.92. The molecule has 0 saturated carbocycles. The molecule has 0 amide bonds. The maximum atomic E-state index is 3.41. The van der Waals surface area contributed by atoms with Gasteiger partial charge in [0.1, 0.15) is 0 Å². The SMILES string of the molecule is BrC=c1ccccc1=c1ccccc1=CBr. The Balaban J connectivity index is 3.16. The maximum Gasteiger partial charge on any atom is -0.01000 e. The summed E-state index contributed by atoms with van der Waals surface area (Å²) in [5.41, 5.74) is 0. The highest BCUT2D eigenvalue weighted by molar-refractivity contribution is 9.14. The Morgan fingerprint density at radius 1 is 0.625 bits per heavy atom. The molecule has 0 nitrogen and oxygen atoms in total. The normalized spacial score (nSPS) is 15.4. The molecule has 0 aliphatic rings. The summed E-state index contributed by atoms with van der Waals surface area (Å²) in [6.07, 6.45) is 0. The van der Waals surface area contributed by atoms with Crippen LogP contribution in [0.15, 0.2) is 48.5 Å². The largest absolute Gasteiger partial charge is 0.0616 e. The van der Waals surface area contributed by atoms with E-state index in [4.69, 9.17) is 0 Å². The van der Waals surface area contributed by atoms with Gasteiger partial charge in [-0.3, -0.25) is 0 Å². The molecular weight excluding hydrogens is 328 g/mol. The Morgan fingerprint density at radius 2 is 1.00 bits per heavy atom. The third kappa shape index (κ3) is 2.28. The minimum atomic E-state index is 1.18. The molecule has 2 aromatic rings. The van der Waals surface area contributed by atoms with Crippen LogP contribution in [-0.2, 0) is 0 Å². The average Bonchev–Trinajstić information content (AvgIpc) is 2.38. The second-order valence-electron chi connectivity index (χ2n) is 3.39. The first kappa shape index (κ1) is 11.6. The van der Waals surface area contributed by atoms with Crippen molar-refractivity contribution in [3.63, 3.8) is 0 Å². The van der Waals surface area contributed by atoms with E-state index >= 15 is 0 Å². The highest BCUT2D eigenvalue weighted by atomic mass is 79.9. The van der Waals surface area contributed by atoms with Crippen LogP contribution in [0.1, 0.15) is 0 Å². The lowest BCUT2D eigenvalue weighted by Crippen LogP contribution is -2.07. The van der Waals surface area contributed by atoms with Crippen LogP contribution in [0.3, 0.4) is 0 Å². The zero-order valence-electron chi connectivity index (χ0n) is 8.53. The van der Waals surface area contributed by atoms with Crippen LogP contribution in [-0.4, -0.2) is 0 Å². The van der Waals surface area contributed by atoms with Gasteiger partial charge in [-0.15, -0.1) is 0 Å². The van der Waals surface area contributed by atoms with E-state index in [9.17, 15) is 0 Å². The number of halogens is 2. The molecule has 0 aliphatic heterocycles. The molecule has 0 spiro atoms. The Bertz CT molecular complexity index is 626. The topological polar surface area (TPSA) is 0 Å². The number of hydrogen-bond donors (Lipinski definition) is 0. The van der Waals surface area contributed by atoms with Crippen LogP contribution in [0.5, 0.6) is 0 Å². The second-order valence-corrected chi connectivity index (χ2v) is 4.31. The van der Waals surface area contributed by atoms with Crippen molar-refractivity contribution >= 4 is 41.8 Å². The number of hydrogen-bond acceptors (Lipinski definition) is 0. The molecular formula is C14H10Br2. The van der Waals surface area contributed by atoms with Crippen LogP contribution < -0.4 is 10.4 Å². The van der Waals surface area contributed by atoms with Gasteiger partial charge in [0, 0.05) is 0 Å². The highest BCUT2D eigenvalue weighted by Gasteiger charge is 1.88. The molecule has 0 atom stereocenters. The summed E-state index contributed by atoms with van der Waals surface area (Å²) in [6.45, 7) is 0.